The number of aromatic nitrogens is 3. The van der Waals surface area contributed by atoms with E-state index in [4.69, 9.17) is 4.74 Å². The topological polar surface area (TPSA) is 51.1 Å². The second kappa shape index (κ2) is 8.90. The molecule has 0 unspecified atom stereocenters. The van der Waals surface area contributed by atoms with E-state index in [0.29, 0.717) is 17.5 Å². The van der Waals surface area contributed by atoms with Crippen molar-refractivity contribution in [2.45, 2.75) is 33.2 Å². The fourth-order valence-corrected chi connectivity index (χ4v) is 4.37. The third-order valence-corrected chi connectivity index (χ3v) is 6.01. The Morgan fingerprint density at radius 3 is 2.87 bits per heavy atom. The van der Waals surface area contributed by atoms with Gasteiger partial charge >= 0.3 is 0 Å². The van der Waals surface area contributed by atoms with Crippen molar-refractivity contribution >= 4 is 21.6 Å². The highest BCUT2D eigenvalue weighted by molar-refractivity contribution is 7.16. The number of allylic oxidation sites excluding steroid dienone is 1. The van der Waals surface area contributed by atoms with E-state index in [9.17, 15) is 0 Å². The fraction of sp³-hybridized carbons (Fsp3) is 0.292. The quantitative estimate of drug-likeness (QED) is 0.521. The molecule has 0 N–H and O–H groups in total. The lowest BCUT2D eigenvalue weighted by Gasteiger charge is -2.19. The Labute approximate surface area is 181 Å². The maximum absolute atomic E-state index is 5.84. The summed E-state index contributed by atoms with van der Waals surface area (Å²) in [7, 11) is 0. The van der Waals surface area contributed by atoms with Crippen LogP contribution in [-0.4, -0.2) is 32.9 Å². The van der Waals surface area contributed by atoms with Crippen LogP contribution < -0.4 is 4.74 Å². The van der Waals surface area contributed by atoms with Crippen molar-refractivity contribution < 1.29 is 4.74 Å². The van der Waals surface area contributed by atoms with E-state index in [-0.39, 0.29) is 0 Å². The van der Waals surface area contributed by atoms with Crippen molar-refractivity contribution in [2.24, 2.45) is 0 Å². The normalized spacial score (nSPS) is 16.7. The summed E-state index contributed by atoms with van der Waals surface area (Å²) in [5, 5.41) is 0. The minimum absolute atomic E-state index is 0.528. The van der Waals surface area contributed by atoms with Gasteiger partial charge in [-0.2, -0.15) is 4.98 Å². The van der Waals surface area contributed by atoms with Gasteiger partial charge in [-0.1, -0.05) is 24.8 Å². The molecule has 2 aromatic heterocycles. The Kier molecular flexibility index (Phi) is 6.06. The first-order valence-electron chi connectivity index (χ1n) is 10.1. The highest BCUT2D eigenvalue weighted by atomic mass is 32.1. The molecule has 0 saturated carbocycles. The molecule has 0 amide bonds. The molecule has 0 bridgehead atoms. The van der Waals surface area contributed by atoms with Crippen molar-refractivity contribution in [2.75, 3.05) is 13.1 Å². The molecule has 0 aliphatic carbocycles. The van der Waals surface area contributed by atoms with Gasteiger partial charge in [0, 0.05) is 31.4 Å². The Balaban J connectivity index is 1.40. The number of fused-ring (bicyclic) bond motifs is 1. The van der Waals surface area contributed by atoms with E-state index in [1.807, 2.05) is 31.5 Å². The van der Waals surface area contributed by atoms with Gasteiger partial charge in [0.05, 0.1) is 15.7 Å². The second-order valence-electron chi connectivity index (χ2n) is 7.67. The molecule has 1 fully saturated rings. The van der Waals surface area contributed by atoms with Crippen LogP contribution in [0.2, 0.25) is 0 Å². The van der Waals surface area contributed by atoms with Crippen LogP contribution in [0, 0.1) is 13.8 Å². The summed E-state index contributed by atoms with van der Waals surface area (Å²) in [6.45, 7) is 15.0. The molecule has 1 aromatic carbocycles. The van der Waals surface area contributed by atoms with E-state index in [1.54, 1.807) is 11.3 Å². The average molecular weight is 419 g/mol. The first kappa shape index (κ1) is 20.4. The molecule has 154 valence electrons. The molecule has 0 radical (unpaired) electrons. The summed E-state index contributed by atoms with van der Waals surface area (Å²) in [6, 6.07) is 8.39. The van der Waals surface area contributed by atoms with Crippen molar-refractivity contribution in [1.29, 1.82) is 0 Å². The summed E-state index contributed by atoms with van der Waals surface area (Å²) in [5.74, 6) is 1.79. The summed E-state index contributed by atoms with van der Waals surface area (Å²) in [5.41, 5.74) is 7.51. The monoisotopic (exact) mass is 418 g/mol. The number of thiazole rings is 1. The number of benzene rings is 1. The van der Waals surface area contributed by atoms with Gasteiger partial charge in [-0.15, -0.1) is 11.3 Å². The number of rotatable bonds is 5. The second-order valence-corrected chi connectivity index (χ2v) is 8.55. The molecule has 3 aromatic rings. The van der Waals surface area contributed by atoms with Gasteiger partial charge in [0.1, 0.15) is 11.6 Å². The van der Waals surface area contributed by atoms with Gasteiger partial charge < -0.3 is 4.74 Å². The predicted octanol–water partition coefficient (Wildman–Crippen LogP) is 5.37. The van der Waals surface area contributed by atoms with Gasteiger partial charge in [-0.3, -0.25) is 4.90 Å². The molecular formula is C24H26N4OS. The largest absolute Gasteiger partial charge is 0.440 e. The van der Waals surface area contributed by atoms with E-state index in [2.05, 4.69) is 51.2 Å². The summed E-state index contributed by atoms with van der Waals surface area (Å²) in [6.07, 6.45) is 3.85. The van der Waals surface area contributed by atoms with Crippen molar-refractivity contribution in [3.05, 3.63) is 83.0 Å². The standard InChI is InChI=1S/C24H26N4OS/c1-16-7-9-28(14-20-5-6-23-22(13-20)25-15-30-23)10-8-21(16)12-18(3)29-24-11-17(2)26-19(4)27-24/h5-6,11-13,15H,1,3,7-10,14H2,2,4H3/b21-12-. The van der Waals surface area contributed by atoms with Crippen molar-refractivity contribution in [3.8, 4) is 5.88 Å². The molecule has 1 aliphatic rings. The van der Waals surface area contributed by atoms with E-state index < -0.39 is 0 Å². The lowest BCUT2D eigenvalue weighted by molar-refractivity contribution is 0.281. The number of ether oxygens (including phenoxy) is 1. The third-order valence-electron chi connectivity index (χ3n) is 5.20. The zero-order chi connectivity index (χ0) is 21.1. The zero-order valence-corrected chi connectivity index (χ0v) is 18.3. The summed E-state index contributed by atoms with van der Waals surface area (Å²) >= 11 is 1.68. The molecular weight excluding hydrogens is 392 g/mol. The van der Waals surface area contributed by atoms with Crippen LogP contribution >= 0.6 is 11.3 Å². The Morgan fingerprint density at radius 2 is 2.03 bits per heavy atom. The van der Waals surface area contributed by atoms with Crippen LogP contribution in [0.15, 0.2) is 65.9 Å². The fourth-order valence-electron chi connectivity index (χ4n) is 3.71. The Hall–Kier alpha value is -2.83. The number of hydrogen-bond acceptors (Lipinski definition) is 6. The van der Waals surface area contributed by atoms with Gasteiger partial charge in [-0.25, -0.2) is 9.97 Å². The molecule has 30 heavy (non-hydrogen) atoms. The number of hydrogen-bond donors (Lipinski definition) is 0. The average Bonchev–Trinajstić information content (AvgIpc) is 3.08. The van der Waals surface area contributed by atoms with Gasteiger partial charge in [0.25, 0.3) is 0 Å². The van der Waals surface area contributed by atoms with Crippen LogP contribution in [0.1, 0.15) is 29.9 Å². The maximum Gasteiger partial charge on any atom is 0.222 e. The molecule has 5 nitrogen and oxygen atoms in total. The van der Waals surface area contributed by atoms with E-state index in [0.717, 1.165) is 49.3 Å². The van der Waals surface area contributed by atoms with Crippen molar-refractivity contribution in [1.82, 2.24) is 19.9 Å². The van der Waals surface area contributed by atoms with Crippen LogP contribution in [-0.2, 0) is 6.54 Å². The summed E-state index contributed by atoms with van der Waals surface area (Å²) in [4.78, 5) is 15.5. The number of aryl methyl sites for hydroxylation is 2. The Bertz CT molecular complexity index is 1110. The van der Waals surface area contributed by atoms with Crippen LogP contribution in [0.4, 0.5) is 0 Å². The first-order valence-corrected chi connectivity index (χ1v) is 11.0. The molecule has 0 atom stereocenters. The molecule has 6 heteroatoms. The zero-order valence-electron chi connectivity index (χ0n) is 17.5. The minimum atomic E-state index is 0.528. The Morgan fingerprint density at radius 1 is 1.20 bits per heavy atom. The first-order chi connectivity index (χ1) is 14.5. The molecule has 1 aliphatic heterocycles. The molecule has 3 heterocycles. The van der Waals surface area contributed by atoms with Gasteiger partial charge in [0.2, 0.25) is 5.88 Å². The minimum Gasteiger partial charge on any atom is -0.440 e. The van der Waals surface area contributed by atoms with E-state index in [1.165, 1.54) is 15.8 Å². The van der Waals surface area contributed by atoms with Gasteiger partial charge in [0.15, 0.2) is 0 Å². The highest BCUT2D eigenvalue weighted by Crippen LogP contribution is 2.25. The van der Waals surface area contributed by atoms with E-state index >= 15 is 0 Å². The van der Waals surface area contributed by atoms with Crippen LogP contribution in [0.25, 0.3) is 10.2 Å². The SMILES string of the molecule is C=C(/C=C1/CCN(Cc2ccc3scnc3c2)CCC1=C)Oc1cc(C)nc(C)n1. The van der Waals surface area contributed by atoms with Crippen LogP contribution in [0.5, 0.6) is 5.88 Å². The summed E-state index contributed by atoms with van der Waals surface area (Å²) < 4.78 is 7.08. The van der Waals surface area contributed by atoms with Crippen LogP contribution in [0.3, 0.4) is 0 Å². The maximum atomic E-state index is 5.84. The molecule has 1 saturated heterocycles. The van der Waals surface area contributed by atoms with Crippen molar-refractivity contribution in [3.63, 3.8) is 0 Å². The third kappa shape index (κ3) is 5.01. The molecule has 0 spiro atoms. The number of likely N-dealkylation sites (tertiary alicyclic amines) is 1. The highest BCUT2D eigenvalue weighted by Gasteiger charge is 2.16. The predicted molar refractivity (Wildman–Crippen MR) is 123 cm³/mol. The smallest absolute Gasteiger partial charge is 0.222 e. The number of nitrogens with zero attached hydrogens (tertiary/aromatic N) is 4. The lowest BCUT2D eigenvalue weighted by atomic mass is 10.0. The molecule has 4 rings (SSSR count). The lowest BCUT2D eigenvalue weighted by Crippen LogP contribution is -2.24. The van der Waals surface area contributed by atoms with Gasteiger partial charge in [-0.05, 0) is 56.0 Å².